The number of primary amides is 1. The van der Waals surface area contributed by atoms with Gasteiger partial charge in [-0.3, -0.25) is 10.3 Å². The van der Waals surface area contributed by atoms with Gasteiger partial charge in [0.2, 0.25) is 5.96 Å². The smallest absolute Gasteiger partial charge is 0.318 e. The molecule has 0 saturated heterocycles. The largest absolute Gasteiger partial charge is 0.362 e. The molecule has 0 aliphatic carbocycles. The van der Waals surface area contributed by atoms with Crippen LogP contribution in [0.1, 0.15) is 12.6 Å². The number of ether oxygens (including phenoxy) is 1. The van der Waals surface area contributed by atoms with E-state index in [0.29, 0.717) is 10.7 Å². The quantitative estimate of drug-likeness (QED) is 0.433. The third-order valence-corrected chi connectivity index (χ3v) is 2.50. The Labute approximate surface area is 116 Å². The highest BCUT2D eigenvalue weighted by atomic mass is 35.5. The van der Waals surface area contributed by atoms with Gasteiger partial charge < -0.3 is 15.8 Å². The number of aliphatic imine (C=N–C) groups is 1. The normalized spacial score (nSPS) is 12.9. The van der Waals surface area contributed by atoms with Crippen LogP contribution in [-0.4, -0.2) is 30.3 Å². The summed E-state index contributed by atoms with van der Waals surface area (Å²) in [6.45, 7) is 1.96. The number of nitrogens with zero attached hydrogens (tertiary/aromatic N) is 2. The van der Waals surface area contributed by atoms with E-state index in [-0.39, 0.29) is 18.7 Å². The molecule has 104 valence electrons. The molecule has 19 heavy (non-hydrogen) atoms. The summed E-state index contributed by atoms with van der Waals surface area (Å²) in [4.78, 5) is 19.1. The maximum absolute atomic E-state index is 10.9. The number of pyridine rings is 1. The fraction of sp³-hybridized carbons (Fsp3) is 0.364. The molecule has 0 bridgehead atoms. The van der Waals surface area contributed by atoms with Crippen LogP contribution < -0.4 is 16.4 Å². The Morgan fingerprint density at radius 1 is 1.68 bits per heavy atom. The van der Waals surface area contributed by atoms with Crippen LogP contribution in [0.15, 0.2) is 23.3 Å². The van der Waals surface area contributed by atoms with Crippen LogP contribution in [0.2, 0.25) is 5.02 Å². The first-order valence-corrected chi connectivity index (χ1v) is 5.90. The minimum absolute atomic E-state index is 0.198. The lowest BCUT2D eigenvalue weighted by Gasteiger charge is -2.15. The van der Waals surface area contributed by atoms with Gasteiger partial charge in [-0.05, 0) is 19.1 Å². The van der Waals surface area contributed by atoms with Gasteiger partial charge in [0.25, 0.3) is 0 Å². The van der Waals surface area contributed by atoms with Gasteiger partial charge in [-0.1, -0.05) is 11.6 Å². The number of rotatable bonds is 4. The van der Waals surface area contributed by atoms with Crippen molar-refractivity contribution in [1.82, 2.24) is 15.6 Å². The molecule has 1 atom stereocenters. The highest BCUT2D eigenvalue weighted by Crippen LogP contribution is 2.12. The summed E-state index contributed by atoms with van der Waals surface area (Å²) in [6.07, 6.45) is 1.29. The van der Waals surface area contributed by atoms with Crippen molar-refractivity contribution >= 4 is 23.6 Å². The van der Waals surface area contributed by atoms with E-state index in [1.54, 1.807) is 25.3 Å². The first-order chi connectivity index (χ1) is 9.02. The fourth-order valence-electron chi connectivity index (χ4n) is 1.18. The highest BCUT2D eigenvalue weighted by molar-refractivity contribution is 6.31. The number of hydrogen-bond acceptors (Lipinski definition) is 4. The van der Waals surface area contributed by atoms with Gasteiger partial charge in [0.1, 0.15) is 6.23 Å². The van der Waals surface area contributed by atoms with Gasteiger partial charge in [-0.2, -0.15) is 0 Å². The molecule has 0 saturated carbocycles. The lowest BCUT2D eigenvalue weighted by Crippen LogP contribution is -2.47. The zero-order valence-corrected chi connectivity index (χ0v) is 11.4. The number of halogens is 1. The summed E-state index contributed by atoms with van der Waals surface area (Å²) < 4.78 is 5.01. The summed E-state index contributed by atoms with van der Waals surface area (Å²) in [6, 6.07) is 2.72. The van der Waals surface area contributed by atoms with Crippen LogP contribution in [-0.2, 0) is 11.3 Å². The van der Waals surface area contributed by atoms with Gasteiger partial charge in [0.05, 0.1) is 17.3 Å². The first kappa shape index (κ1) is 15.2. The molecule has 1 rings (SSSR count). The average molecular weight is 286 g/mol. The van der Waals surface area contributed by atoms with Crippen LogP contribution in [0.4, 0.5) is 4.79 Å². The van der Waals surface area contributed by atoms with Crippen LogP contribution >= 0.6 is 11.6 Å². The third kappa shape index (κ3) is 5.54. The van der Waals surface area contributed by atoms with Gasteiger partial charge in [0, 0.05) is 13.3 Å². The molecule has 0 aliphatic heterocycles. The minimum atomic E-state index is -0.721. The molecule has 1 heterocycles. The zero-order valence-electron chi connectivity index (χ0n) is 10.7. The maximum atomic E-state index is 10.9. The van der Waals surface area contributed by atoms with Crippen molar-refractivity contribution in [2.75, 3.05) is 7.11 Å². The number of aromatic nitrogens is 1. The number of guanidine groups is 1. The topological polar surface area (TPSA) is 102 Å². The Kier molecular flexibility index (Phi) is 6.04. The van der Waals surface area contributed by atoms with E-state index < -0.39 is 6.03 Å². The second kappa shape index (κ2) is 7.55. The van der Waals surface area contributed by atoms with Gasteiger partial charge >= 0.3 is 6.03 Å². The van der Waals surface area contributed by atoms with E-state index in [1.165, 1.54) is 7.11 Å². The Hall–Kier alpha value is -1.86. The van der Waals surface area contributed by atoms with Crippen molar-refractivity contribution in [2.45, 2.75) is 19.7 Å². The van der Waals surface area contributed by atoms with Crippen molar-refractivity contribution in [1.29, 1.82) is 0 Å². The number of urea groups is 1. The predicted molar refractivity (Wildman–Crippen MR) is 72.7 cm³/mol. The molecule has 7 nitrogen and oxygen atoms in total. The first-order valence-electron chi connectivity index (χ1n) is 5.52. The molecule has 1 aromatic rings. The van der Waals surface area contributed by atoms with Gasteiger partial charge in [-0.15, -0.1) is 0 Å². The van der Waals surface area contributed by atoms with E-state index in [2.05, 4.69) is 20.6 Å². The van der Waals surface area contributed by atoms with Crippen molar-refractivity contribution in [2.24, 2.45) is 10.7 Å². The molecule has 0 aliphatic rings. The van der Waals surface area contributed by atoms with Crippen LogP contribution in [0.5, 0.6) is 0 Å². The van der Waals surface area contributed by atoms with Crippen LogP contribution in [0.25, 0.3) is 0 Å². The standard InChI is InChI=1S/C11H16ClN5O2/c1-7(19-2)16-11(17-10(13)18)15-6-9-8(12)4-3-5-14-9/h3-5,7H,6H2,1-2H3,(H4,13,15,16,17,18). The average Bonchev–Trinajstić information content (AvgIpc) is 2.36. The Balaban J connectivity index is 2.76. The number of nitrogens with two attached hydrogens (primary N) is 1. The molecule has 8 heteroatoms. The second-order valence-electron chi connectivity index (χ2n) is 3.61. The van der Waals surface area contributed by atoms with E-state index in [9.17, 15) is 4.79 Å². The number of carbonyl (C=O) groups excluding carboxylic acids is 1. The molecule has 0 aromatic carbocycles. The van der Waals surface area contributed by atoms with Crippen molar-refractivity contribution in [3.8, 4) is 0 Å². The number of methoxy groups -OCH3 is 1. The number of amides is 2. The van der Waals surface area contributed by atoms with E-state index in [1.807, 2.05) is 0 Å². The maximum Gasteiger partial charge on any atom is 0.318 e. The lowest BCUT2D eigenvalue weighted by molar-refractivity contribution is 0.106. The molecule has 4 N–H and O–H groups in total. The second-order valence-corrected chi connectivity index (χ2v) is 4.02. The molecular formula is C11H16ClN5O2. The number of nitrogens with one attached hydrogen (secondary N) is 2. The SMILES string of the molecule is COC(C)NC(=NCc1ncccc1Cl)NC(N)=O. The van der Waals surface area contributed by atoms with E-state index in [0.717, 1.165) is 0 Å². The van der Waals surface area contributed by atoms with E-state index >= 15 is 0 Å². The van der Waals surface area contributed by atoms with Gasteiger partial charge in [0.15, 0.2) is 0 Å². The summed E-state index contributed by atoms with van der Waals surface area (Å²) in [5.41, 5.74) is 5.65. The van der Waals surface area contributed by atoms with Crippen LogP contribution in [0.3, 0.4) is 0 Å². The lowest BCUT2D eigenvalue weighted by atomic mass is 10.3. The molecule has 1 unspecified atom stereocenters. The minimum Gasteiger partial charge on any atom is -0.362 e. The molecule has 1 aromatic heterocycles. The molecular weight excluding hydrogens is 270 g/mol. The highest BCUT2D eigenvalue weighted by Gasteiger charge is 2.07. The van der Waals surface area contributed by atoms with Crippen LogP contribution in [0, 0.1) is 0 Å². The van der Waals surface area contributed by atoms with Crippen molar-refractivity contribution < 1.29 is 9.53 Å². The molecule has 2 amide bonds. The summed E-state index contributed by atoms with van der Waals surface area (Å²) in [5, 5.41) is 5.70. The summed E-state index contributed by atoms with van der Waals surface area (Å²) >= 11 is 5.96. The van der Waals surface area contributed by atoms with Crippen molar-refractivity contribution in [3.63, 3.8) is 0 Å². The number of carbonyl (C=O) groups is 1. The monoisotopic (exact) mass is 285 g/mol. The number of hydrogen-bond donors (Lipinski definition) is 3. The summed E-state index contributed by atoms with van der Waals surface area (Å²) in [5.74, 6) is 0.198. The molecule has 0 fully saturated rings. The van der Waals surface area contributed by atoms with E-state index in [4.69, 9.17) is 22.1 Å². The Morgan fingerprint density at radius 3 is 3.00 bits per heavy atom. The van der Waals surface area contributed by atoms with Crippen molar-refractivity contribution in [3.05, 3.63) is 29.0 Å². The molecule has 0 radical (unpaired) electrons. The predicted octanol–water partition coefficient (Wildman–Crippen LogP) is 0.841. The molecule has 0 spiro atoms. The Bertz CT molecular complexity index is 466. The van der Waals surface area contributed by atoms with Gasteiger partial charge in [-0.25, -0.2) is 9.79 Å². The Morgan fingerprint density at radius 2 is 2.42 bits per heavy atom. The zero-order chi connectivity index (χ0) is 14.3. The summed E-state index contributed by atoms with van der Waals surface area (Å²) in [7, 11) is 1.52. The third-order valence-electron chi connectivity index (χ3n) is 2.16. The fourth-order valence-corrected chi connectivity index (χ4v) is 1.36.